The van der Waals surface area contributed by atoms with Crippen LogP contribution in [0.25, 0.3) is 0 Å². The largest absolute Gasteiger partial charge is 0.369 e. The molecule has 1 amide bonds. The van der Waals surface area contributed by atoms with Crippen LogP contribution < -0.4 is 15.8 Å². The molecule has 0 spiro atoms. The molecule has 2 heterocycles. The summed E-state index contributed by atoms with van der Waals surface area (Å²) in [5.41, 5.74) is 1.30. The first-order chi connectivity index (χ1) is 12.4. The van der Waals surface area contributed by atoms with E-state index in [1.54, 1.807) is 19.3 Å². The number of carbonyl (C=O) groups is 1. The standard InChI is InChI=1S/C18H20ClFN4O2/c1-23-17(25)8-14(10-22-23)24-6-2-3-13(11-24)18(26)21-9-12-4-5-16(20)15(19)7-12/h4-5,7-8,10,13H,2-3,6,9,11H2,1H3,(H,21,26)/t13-/m1/s1. The highest BCUT2D eigenvalue weighted by atomic mass is 35.5. The minimum atomic E-state index is -0.479. The number of halogens is 2. The first-order valence-corrected chi connectivity index (χ1v) is 8.82. The predicted octanol–water partition coefficient (Wildman–Crippen LogP) is 2.11. The number of hydrogen-bond acceptors (Lipinski definition) is 4. The lowest BCUT2D eigenvalue weighted by Gasteiger charge is -2.33. The summed E-state index contributed by atoms with van der Waals surface area (Å²) in [5.74, 6) is -0.719. The Labute approximate surface area is 155 Å². The molecule has 1 N–H and O–H groups in total. The monoisotopic (exact) mass is 378 g/mol. The number of rotatable bonds is 4. The van der Waals surface area contributed by atoms with E-state index in [0.29, 0.717) is 13.1 Å². The fourth-order valence-electron chi connectivity index (χ4n) is 3.04. The lowest BCUT2D eigenvalue weighted by Crippen LogP contribution is -2.43. The Kier molecular flexibility index (Phi) is 5.56. The van der Waals surface area contributed by atoms with Crippen LogP contribution >= 0.6 is 11.6 Å². The molecule has 1 atom stereocenters. The number of anilines is 1. The van der Waals surface area contributed by atoms with E-state index >= 15 is 0 Å². The summed E-state index contributed by atoms with van der Waals surface area (Å²) in [4.78, 5) is 26.3. The topological polar surface area (TPSA) is 67.2 Å². The van der Waals surface area contributed by atoms with Gasteiger partial charge in [-0.25, -0.2) is 9.07 Å². The number of aromatic nitrogens is 2. The van der Waals surface area contributed by atoms with Crippen molar-refractivity contribution in [1.29, 1.82) is 0 Å². The van der Waals surface area contributed by atoms with E-state index in [0.717, 1.165) is 30.6 Å². The normalized spacial score (nSPS) is 17.2. The summed E-state index contributed by atoms with van der Waals surface area (Å²) in [6.07, 6.45) is 3.28. The number of hydrogen-bond donors (Lipinski definition) is 1. The van der Waals surface area contributed by atoms with Crippen LogP contribution in [-0.2, 0) is 18.4 Å². The van der Waals surface area contributed by atoms with Gasteiger partial charge in [-0.15, -0.1) is 0 Å². The number of nitrogens with zero attached hydrogens (tertiary/aromatic N) is 3. The van der Waals surface area contributed by atoms with Gasteiger partial charge in [0, 0.05) is 32.7 Å². The summed E-state index contributed by atoms with van der Waals surface area (Å²) in [6.45, 7) is 1.61. The highest BCUT2D eigenvalue weighted by molar-refractivity contribution is 6.30. The Morgan fingerprint density at radius 3 is 2.96 bits per heavy atom. The molecule has 138 valence electrons. The van der Waals surface area contributed by atoms with Crippen molar-refractivity contribution in [3.05, 3.63) is 57.2 Å². The maximum Gasteiger partial charge on any atom is 0.268 e. The number of amides is 1. The van der Waals surface area contributed by atoms with Crippen molar-refractivity contribution in [2.24, 2.45) is 13.0 Å². The van der Waals surface area contributed by atoms with Crippen molar-refractivity contribution in [3.8, 4) is 0 Å². The Morgan fingerprint density at radius 2 is 2.23 bits per heavy atom. The van der Waals surface area contributed by atoms with Crippen LogP contribution in [0.4, 0.5) is 10.1 Å². The van der Waals surface area contributed by atoms with Crippen molar-refractivity contribution in [3.63, 3.8) is 0 Å². The van der Waals surface area contributed by atoms with E-state index < -0.39 is 5.82 Å². The second kappa shape index (κ2) is 7.86. The van der Waals surface area contributed by atoms with Gasteiger partial charge < -0.3 is 10.2 Å². The molecule has 1 saturated heterocycles. The van der Waals surface area contributed by atoms with Crippen LogP contribution in [-0.4, -0.2) is 28.8 Å². The maximum absolute atomic E-state index is 13.2. The van der Waals surface area contributed by atoms with Gasteiger partial charge in [-0.1, -0.05) is 17.7 Å². The van der Waals surface area contributed by atoms with Gasteiger partial charge in [0.25, 0.3) is 5.56 Å². The number of benzene rings is 1. The zero-order valence-electron chi connectivity index (χ0n) is 14.4. The van der Waals surface area contributed by atoms with E-state index in [1.165, 1.54) is 22.9 Å². The van der Waals surface area contributed by atoms with Crippen LogP contribution in [0.3, 0.4) is 0 Å². The molecule has 1 aliphatic heterocycles. The fraction of sp³-hybridized carbons (Fsp3) is 0.389. The summed E-state index contributed by atoms with van der Waals surface area (Å²) in [6, 6.07) is 5.93. The van der Waals surface area contributed by atoms with Gasteiger partial charge in [-0.05, 0) is 30.5 Å². The van der Waals surface area contributed by atoms with Gasteiger partial charge in [-0.2, -0.15) is 5.10 Å². The molecule has 1 aliphatic rings. The van der Waals surface area contributed by atoms with Crippen molar-refractivity contribution < 1.29 is 9.18 Å². The molecule has 1 aromatic heterocycles. The average molecular weight is 379 g/mol. The molecule has 3 rings (SSSR count). The molecule has 0 saturated carbocycles. The third-order valence-electron chi connectivity index (χ3n) is 4.56. The molecule has 0 bridgehead atoms. The van der Waals surface area contributed by atoms with Crippen LogP contribution in [0, 0.1) is 11.7 Å². The zero-order valence-corrected chi connectivity index (χ0v) is 15.2. The molecule has 1 fully saturated rings. The quantitative estimate of drug-likeness (QED) is 0.884. The molecular formula is C18H20ClFN4O2. The fourth-order valence-corrected chi connectivity index (χ4v) is 3.24. The van der Waals surface area contributed by atoms with Gasteiger partial charge >= 0.3 is 0 Å². The zero-order chi connectivity index (χ0) is 18.7. The van der Waals surface area contributed by atoms with Gasteiger partial charge in [0.2, 0.25) is 5.91 Å². The lowest BCUT2D eigenvalue weighted by atomic mass is 9.96. The first-order valence-electron chi connectivity index (χ1n) is 8.44. The third kappa shape index (κ3) is 4.22. The van der Waals surface area contributed by atoms with Crippen molar-refractivity contribution >= 4 is 23.2 Å². The minimum absolute atomic E-state index is 0.0405. The van der Waals surface area contributed by atoms with Gasteiger partial charge in [0.15, 0.2) is 0 Å². The van der Waals surface area contributed by atoms with Crippen LogP contribution in [0.5, 0.6) is 0 Å². The van der Waals surface area contributed by atoms with Crippen molar-refractivity contribution in [1.82, 2.24) is 15.1 Å². The molecule has 26 heavy (non-hydrogen) atoms. The van der Waals surface area contributed by atoms with E-state index in [1.807, 2.05) is 4.90 Å². The van der Waals surface area contributed by atoms with Crippen LogP contribution in [0.2, 0.25) is 5.02 Å². The van der Waals surface area contributed by atoms with E-state index in [4.69, 9.17) is 11.6 Å². The highest BCUT2D eigenvalue weighted by Crippen LogP contribution is 2.22. The first kappa shape index (κ1) is 18.4. The maximum atomic E-state index is 13.2. The average Bonchev–Trinajstić information content (AvgIpc) is 2.65. The van der Waals surface area contributed by atoms with Crippen LogP contribution in [0.1, 0.15) is 18.4 Å². The van der Waals surface area contributed by atoms with E-state index in [9.17, 15) is 14.0 Å². The summed E-state index contributed by atoms with van der Waals surface area (Å²) in [5, 5.41) is 6.95. The number of aryl methyl sites for hydroxylation is 1. The highest BCUT2D eigenvalue weighted by Gasteiger charge is 2.26. The number of carbonyl (C=O) groups excluding carboxylic acids is 1. The minimum Gasteiger partial charge on any atom is -0.369 e. The SMILES string of the molecule is Cn1ncc(N2CCC[C@@H](C(=O)NCc3ccc(F)c(Cl)c3)C2)cc1=O. The Balaban J connectivity index is 1.61. The molecule has 0 aliphatic carbocycles. The lowest BCUT2D eigenvalue weighted by molar-refractivity contribution is -0.125. The molecule has 6 nitrogen and oxygen atoms in total. The summed E-state index contributed by atoms with van der Waals surface area (Å²) in [7, 11) is 1.60. The van der Waals surface area contributed by atoms with Gasteiger partial charge in [-0.3, -0.25) is 9.59 Å². The smallest absolute Gasteiger partial charge is 0.268 e. The molecule has 2 aromatic rings. The van der Waals surface area contributed by atoms with Gasteiger partial charge in [0.1, 0.15) is 5.82 Å². The molecule has 0 radical (unpaired) electrons. The van der Waals surface area contributed by atoms with Crippen molar-refractivity contribution in [2.75, 3.05) is 18.0 Å². The third-order valence-corrected chi connectivity index (χ3v) is 4.85. The van der Waals surface area contributed by atoms with Gasteiger partial charge in [0.05, 0.1) is 22.8 Å². The predicted molar refractivity (Wildman–Crippen MR) is 97.7 cm³/mol. The Bertz CT molecular complexity index is 871. The molecule has 0 unspecified atom stereocenters. The van der Waals surface area contributed by atoms with E-state index in [2.05, 4.69) is 10.4 Å². The Hall–Kier alpha value is -2.41. The molecular weight excluding hydrogens is 359 g/mol. The summed E-state index contributed by atoms with van der Waals surface area (Å²) < 4.78 is 14.5. The Morgan fingerprint density at radius 1 is 1.42 bits per heavy atom. The molecule has 8 heteroatoms. The number of nitrogens with one attached hydrogen (secondary N) is 1. The van der Waals surface area contributed by atoms with E-state index in [-0.39, 0.29) is 22.4 Å². The molecule has 1 aromatic carbocycles. The van der Waals surface area contributed by atoms with Crippen LogP contribution in [0.15, 0.2) is 35.3 Å². The second-order valence-corrected chi connectivity index (χ2v) is 6.83. The summed E-state index contributed by atoms with van der Waals surface area (Å²) >= 11 is 5.76. The number of piperidine rings is 1. The second-order valence-electron chi connectivity index (χ2n) is 6.43. The van der Waals surface area contributed by atoms with Crippen molar-refractivity contribution in [2.45, 2.75) is 19.4 Å².